The van der Waals surface area contributed by atoms with E-state index in [0.29, 0.717) is 27.7 Å². The fourth-order valence-corrected chi connectivity index (χ4v) is 3.34. The minimum absolute atomic E-state index is 0.239. The molecule has 1 heterocycles. The van der Waals surface area contributed by atoms with Crippen LogP contribution in [0.15, 0.2) is 78.9 Å². The molecule has 28 heavy (non-hydrogen) atoms. The third-order valence-electron chi connectivity index (χ3n) is 4.47. The van der Waals surface area contributed by atoms with Crippen LogP contribution in [0.1, 0.15) is 10.4 Å². The highest BCUT2D eigenvalue weighted by molar-refractivity contribution is 6.33. The van der Waals surface area contributed by atoms with E-state index in [1.807, 2.05) is 60.7 Å². The summed E-state index contributed by atoms with van der Waals surface area (Å²) in [7, 11) is 1.57. The molecule has 1 aromatic heterocycles. The molecule has 0 aliphatic rings. The Morgan fingerprint density at radius 2 is 1.68 bits per heavy atom. The Hall–Kier alpha value is -3.37. The molecule has 0 spiro atoms. The van der Waals surface area contributed by atoms with Gasteiger partial charge in [0.25, 0.3) is 5.91 Å². The highest BCUT2D eigenvalue weighted by Gasteiger charge is 2.16. The number of carbonyl (C=O) groups is 1. The van der Waals surface area contributed by atoms with Crippen LogP contribution in [0.5, 0.6) is 5.75 Å². The molecule has 0 aliphatic heterocycles. The number of anilines is 1. The Morgan fingerprint density at radius 1 is 0.964 bits per heavy atom. The molecule has 0 bridgehead atoms. The van der Waals surface area contributed by atoms with Crippen LogP contribution in [0, 0.1) is 0 Å². The third kappa shape index (κ3) is 3.42. The second-order valence-electron chi connectivity index (χ2n) is 6.21. The number of para-hydroxylation sites is 3. The van der Waals surface area contributed by atoms with Gasteiger partial charge in [-0.2, -0.15) is 0 Å². The standard InChI is InChI=1S/C23H17ClN2O2/c1-28-22-13-7-6-12-20(22)26-23(27)17-14-21(16-9-2-4-10-18(16)24)25-19-11-5-3-8-15(17)19/h2-14H,1H3,(H,26,27). The summed E-state index contributed by atoms with van der Waals surface area (Å²) in [5, 5.41) is 4.29. The Labute approximate surface area is 167 Å². The third-order valence-corrected chi connectivity index (χ3v) is 4.80. The number of fused-ring (bicyclic) bond motifs is 1. The van der Waals surface area contributed by atoms with Gasteiger partial charge in [-0.15, -0.1) is 0 Å². The van der Waals surface area contributed by atoms with Gasteiger partial charge in [0.05, 0.1) is 29.6 Å². The molecule has 1 N–H and O–H groups in total. The van der Waals surface area contributed by atoms with E-state index in [9.17, 15) is 4.79 Å². The highest BCUT2D eigenvalue weighted by atomic mass is 35.5. The zero-order chi connectivity index (χ0) is 19.5. The summed E-state index contributed by atoms with van der Waals surface area (Å²) < 4.78 is 5.33. The van der Waals surface area contributed by atoms with Crippen molar-refractivity contribution in [2.75, 3.05) is 12.4 Å². The summed E-state index contributed by atoms with van der Waals surface area (Å²) in [5.74, 6) is 0.358. The number of pyridine rings is 1. The number of hydrogen-bond donors (Lipinski definition) is 1. The maximum Gasteiger partial charge on any atom is 0.256 e. The van der Waals surface area contributed by atoms with Gasteiger partial charge in [0, 0.05) is 16.0 Å². The van der Waals surface area contributed by atoms with Crippen molar-refractivity contribution in [3.63, 3.8) is 0 Å². The molecular weight excluding hydrogens is 372 g/mol. The van der Waals surface area contributed by atoms with Gasteiger partial charge in [0.1, 0.15) is 5.75 Å². The lowest BCUT2D eigenvalue weighted by Gasteiger charge is -2.13. The summed E-state index contributed by atoms with van der Waals surface area (Å²) in [6.07, 6.45) is 0. The molecule has 138 valence electrons. The first kappa shape index (κ1) is 18.0. The monoisotopic (exact) mass is 388 g/mol. The predicted molar refractivity (Wildman–Crippen MR) is 113 cm³/mol. The van der Waals surface area contributed by atoms with E-state index < -0.39 is 0 Å². The van der Waals surface area contributed by atoms with Crippen molar-refractivity contribution in [3.8, 4) is 17.0 Å². The van der Waals surface area contributed by atoms with Gasteiger partial charge < -0.3 is 10.1 Å². The van der Waals surface area contributed by atoms with E-state index in [-0.39, 0.29) is 5.91 Å². The number of ether oxygens (including phenoxy) is 1. The predicted octanol–water partition coefficient (Wildman–Crippen LogP) is 5.82. The van der Waals surface area contributed by atoms with E-state index in [2.05, 4.69) is 5.32 Å². The average molecular weight is 389 g/mol. The first-order valence-electron chi connectivity index (χ1n) is 8.76. The van der Waals surface area contributed by atoms with E-state index in [1.165, 1.54) is 0 Å². The minimum Gasteiger partial charge on any atom is -0.495 e. The number of nitrogens with zero attached hydrogens (tertiary/aromatic N) is 1. The zero-order valence-electron chi connectivity index (χ0n) is 15.1. The fraction of sp³-hybridized carbons (Fsp3) is 0.0435. The lowest BCUT2D eigenvalue weighted by molar-refractivity contribution is 0.102. The van der Waals surface area contributed by atoms with Crippen molar-refractivity contribution in [2.24, 2.45) is 0 Å². The van der Waals surface area contributed by atoms with Crippen LogP contribution in [-0.4, -0.2) is 18.0 Å². The lowest BCUT2D eigenvalue weighted by atomic mass is 10.0. The Kier molecular flexibility index (Phi) is 4.96. The molecule has 4 rings (SSSR count). The van der Waals surface area contributed by atoms with Crippen LogP contribution >= 0.6 is 11.6 Å². The molecule has 0 saturated carbocycles. The number of methoxy groups -OCH3 is 1. The van der Waals surface area contributed by atoms with Gasteiger partial charge in [-0.1, -0.05) is 60.1 Å². The molecule has 1 amide bonds. The number of hydrogen-bond acceptors (Lipinski definition) is 3. The molecule has 0 saturated heterocycles. The van der Waals surface area contributed by atoms with Crippen molar-refractivity contribution in [1.29, 1.82) is 0 Å². The molecule has 4 nitrogen and oxygen atoms in total. The topological polar surface area (TPSA) is 51.2 Å². The number of aromatic nitrogens is 1. The Bertz CT molecular complexity index is 1170. The van der Waals surface area contributed by atoms with E-state index >= 15 is 0 Å². The molecule has 0 fully saturated rings. The summed E-state index contributed by atoms with van der Waals surface area (Å²) in [4.78, 5) is 17.8. The number of nitrogens with one attached hydrogen (secondary N) is 1. The summed E-state index contributed by atoms with van der Waals surface area (Å²) in [6.45, 7) is 0. The maximum atomic E-state index is 13.1. The first-order chi connectivity index (χ1) is 13.7. The highest BCUT2D eigenvalue weighted by Crippen LogP contribution is 2.31. The van der Waals surface area contributed by atoms with Gasteiger partial charge >= 0.3 is 0 Å². The molecule has 0 atom stereocenters. The number of halogens is 1. The summed E-state index contributed by atoms with van der Waals surface area (Å²) >= 11 is 6.35. The van der Waals surface area contributed by atoms with Crippen molar-refractivity contribution in [1.82, 2.24) is 4.98 Å². The van der Waals surface area contributed by atoms with E-state index in [0.717, 1.165) is 16.5 Å². The second kappa shape index (κ2) is 7.71. The van der Waals surface area contributed by atoms with Gasteiger partial charge in [0.2, 0.25) is 0 Å². The Balaban J connectivity index is 1.83. The van der Waals surface area contributed by atoms with Crippen molar-refractivity contribution < 1.29 is 9.53 Å². The Morgan fingerprint density at radius 3 is 2.50 bits per heavy atom. The van der Waals surface area contributed by atoms with Crippen molar-refractivity contribution >= 4 is 34.1 Å². The van der Waals surface area contributed by atoms with Gasteiger partial charge in [-0.25, -0.2) is 4.98 Å². The molecule has 5 heteroatoms. The maximum absolute atomic E-state index is 13.1. The van der Waals surface area contributed by atoms with E-state index in [1.54, 1.807) is 25.3 Å². The van der Waals surface area contributed by atoms with Gasteiger partial charge in [-0.05, 0) is 30.3 Å². The van der Waals surface area contributed by atoms with Crippen LogP contribution in [0.3, 0.4) is 0 Å². The number of rotatable bonds is 4. The molecule has 0 radical (unpaired) electrons. The molecule has 4 aromatic rings. The summed E-state index contributed by atoms with van der Waals surface area (Å²) in [5.41, 5.74) is 3.28. The first-order valence-corrected chi connectivity index (χ1v) is 9.14. The van der Waals surface area contributed by atoms with E-state index in [4.69, 9.17) is 21.3 Å². The normalized spacial score (nSPS) is 10.6. The van der Waals surface area contributed by atoms with Gasteiger partial charge in [0.15, 0.2) is 0 Å². The van der Waals surface area contributed by atoms with Crippen LogP contribution in [0.2, 0.25) is 5.02 Å². The molecular formula is C23H17ClN2O2. The zero-order valence-corrected chi connectivity index (χ0v) is 15.9. The van der Waals surface area contributed by atoms with Crippen molar-refractivity contribution in [3.05, 3.63) is 89.4 Å². The van der Waals surface area contributed by atoms with Crippen LogP contribution < -0.4 is 10.1 Å². The van der Waals surface area contributed by atoms with Crippen molar-refractivity contribution in [2.45, 2.75) is 0 Å². The molecule has 0 unspecified atom stereocenters. The smallest absolute Gasteiger partial charge is 0.256 e. The molecule has 0 aliphatic carbocycles. The fourth-order valence-electron chi connectivity index (χ4n) is 3.11. The van der Waals surface area contributed by atoms with Crippen LogP contribution in [-0.2, 0) is 0 Å². The quantitative estimate of drug-likeness (QED) is 0.479. The molecule has 3 aromatic carbocycles. The number of carbonyl (C=O) groups excluding carboxylic acids is 1. The second-order valence-corrected chi connectivity index (χ2v) is 6.61. The van der Waals surface area contributed by atoms with Crippen LogP contribution in [0.25, 0.3) is 22.2 Å². The number of amides is 1. The van der Waals surface area contributed by atoms with Crippen LogP contribution in [0.4, 0.5) is 5.69 Å². The average Bonchev–Trinajstić information content (AvgIpc) is 2.73. The number of benzene rings is 3. The minimum atomic E-state index is -0.239. The van der Waals surface area contributed by atoms with Gasteiger partial charge in [-0.3, -0.25) is 4.79 Å². The SMILES string of the molecule is COc1ccccc1NC(=O)c1cc(-c2ccccc2Cl)nc2ccccc12. The lowest BCUT2D eigenvalue weighted by Crippen LogP contribution is -2.13. The summed E-state index contributed by atoms with van der Waals surface area (Å²) in [6, 6.07) is 24.1. The largest absolute Gasteiger partial charge is 0.495 e.